The number of imidazole rings is 1. The van der Waals surface area contributed by atoms with Gasteiger partial charge in [-0.05, 0) is 6.92 Å². The Bertz CT molecular complexity index is 380. The highest BCUT2D eigenvalue weighted by Gasteiger charge is 2.01. The Balaban J connectivity index is 1.98. The first kappa shape index (κ1) is 9.14. The quantitative estimate of drug-likeness (QED) is 0.826. The summed E-state index contributed by atoms with van der Waals surface area (Å²) in [7, 11) is 0. The molecule has 0 fully saturated rings. The van der Waals surface area contributed by atoms with E-state index in [4.69, 9.17) is 0 Å². The molecule has 74 valence electrons. The molecule has 0 aliphatic heterocycles. The van der Waals surface area contributed by atoms with Gasteiger partial charge in [-0.2, -0.15) is 0 Å². The van der Waals surface area contributed by atoms with Crippen LogP contribution in [0.4, 0.5) is 5.13 Å². The number of aryl methyl sites for hydroxylation is 1. The largest absolute Gasteiger partial charge is 0.354 e. The van der Waals surface area contributed by atoms with Gasteiger partial charge in [0.1, 0.15) is 5.51 Å². The Kier molecular flexibility index (Phi) is 2.73. The molecule has 0 saturated heterocycles. The fourth-order valence-corrected chi connectivity index (χ4v) is 1.64. The van der Waals surface area contributed by atoms with Crippen LogP contribution in [0.5, 0.6) is 0 Å². The average Bonchev–Trinajstić information content (AvgIpc) is 2.85. The van der Waals surface area contributed by atoms with Crippen molar-refractivity contribution in [2.24, 2.45) is 0 Å². The van der Waals surface area contributed by atoms with Gasteiger partial charge in [-0.15, -0.1) is 10.2 Å². The number of nitrogens with one attached hydrogen (secondary N) is 1. The van der Waals surface area contributed by atoms with Crippen LogP contribution in [0.2, 0.25) is 0 Å². The van der Waals surface area contributed by atoms with Gasteiger partial charge in [0.25, 0.3) is 0 Å². The summed E-state index contributed by atoms with van der Waals surface area (Å²) in [6.07, 6.45) is 3.69. The van der Waals surface area contributed by atoms with E-state index in [1.165, 1.54) is 11.3 Å². The molecule has 0 aromatic carbocycles. The number of aromatic nitrogens is 4. The van der Waals surface area contributed by atoms with Crippen LogP contribution in [0.3, 0.4) is 0 Å². The average molecular weight is 209 g/mol. The summed E-state index contributed by atoms with van der Waals surface area (Å²) >= 11 is 1.50. The molecular formula is C8H11N5S. The first-order valence-electron chi connectivity index (χ1n) is 4.39. The summed E-state index contributed by atoms with van der Waals surface area (Å²) in [5.41, 5.74) is 2.86. The van der Waals surface area contributed by atoms with Gasteiger partial charge >= 0.3 is 0 Å². The molecule has 6 heteroatoms. The number of rotatable bonds is 4. The highest BCUT2D eigenvalue weighted by Crippen LogP contribution is 2.10. The number of nitrogens with zero attached hydrogens (tertiary/aromatic N) is 4. The fourth-order valence-electron chi connectivity index (χ4n) is 1.20. The molecule has 1 N–H and O–H groups in total. The van der Waals surface area contributed by atoms with Crippen molar-refractivity contribution in [3.63, 3.8) is 0 Å². The normalized spacial score (nSPS) is 10.4. The van der Waals surface area contributed by atoms with Crippen molar-refractivity contribution in [1.82, 2.24) is 19.7 Å². The summed E-state index contributed by atoms with van der Waals surface area (Å²) in [5.74, 6) is 0. The maximum atomic E-state index is 4.08. The Morgan fingerprint density at radius 2 is 2.50 bits per heavy atom. The van der Waals surface area contributed by atoms with Crippen LogP contribution in [-0.4, -0.2) is 19.7 Å². The third-order valence-corrected chi connectivity index (χ3v) is 2.57. The molecule has 14 heavy (non-hydrogen) atoms. The number of hydrogen-bond donors (Lipinski definition) is 1. The van der Waals surface area contributed by atoms with Gasteiger partial charge < -0.3 is 9.88 Å². The number of anilines is 1. The van der Waals surface area contributed by atoms with Crippen molar-refractivity contribution in [2.45, 2.75) is 20.0 Å². The van der Waals surface area contributed by atoms with Gasteiger partial charge in [-0.1, -0.05) is 11.3 Å². The molecule has 2 heterocycles. The van der Waals surface area contributed by atoms with Crippen LogP contribution in [0.25, 0.3) is 0 Å². The van der Waals surface area contributed by atoms with Crippen LogP contribution >= 0.6 is 11.3 Å². The van der Waals surface area contributed by atoms with Crippen LogP contribution in [0, 0.1) is 0 Å². The minimum atomic E-state index is 0.739. The summed E-state index contributed by atoms with van der Waals surface area (Å²) in [6, 6.07) is 0. The van der Waals surface area contributed by atoms with E-state index in [2.05, 4.69) is 32.0 Å². The Hall–Kier alpha value is -1.43. The van der Waals surface area contributed by atoms with E-state index in [-0.39, 0.29) is 0 Å². The second-order valence-electron chi connectivity index (χ2n) is 2.77. The van der Waals surface area contributed by atoms with Gasteiger partial charge in [0.2, 0.25) is 5.13 Å². The van der Waals surface area contributed by atoms with Crippen molar-refractivity contribution in [3.8, 4) is 0 Å². The molecule has 0 atom stereocenters. The monoisotopic (exact) mass is 209 g/mol. The molecule has 0 aliphatic carbocycles. The molecule has 0 spiro atoms. The van der Waals surface area contributed by atoms with E-state index < -0.39 is 0 Å². The highest BCUT2D eigenvalue weighted by molar-refractivity contribution is 7.13. The molecule has 0 unspecified atom stereocenters. The predicted octanol–water partition coefficient (Wildman–Crippen LogP) is 1.37. The SMILES string of the molecule is CCn1cncc1CNc1nncs1. The van der Waals surface area contributed by atoms with E-state index in [0.717, 1.165) is 23.9 Å². The van der Waals surface area contributed by atoms with E-state index in [0.29, 0.717) is 0 Å². The fraction of sp³-hybridized carbons (Fsp3) is 0.375. The molecule has 2 aromatic heterocycles. The van der Waals surface area contributed by atoms with Gasteiger partial charge in [0, 0.05) is 12.7 Å². The van der Waals surface area contributed by atoms with Crippen LogP contribution in [0.15, 0.2) is 18.0 Å². The van der Waals surface area contributed by atoms with E-state index >= 15 is 0 Å². The lowest BCUT2D eigenvalue weighted by Crippen LogP contribution is -2.05. The van der Waals surface area contributed by atoms with Gasteiger partial charge in [0.15, 0.2) is 0 Å². The molecule has 0 bridgehead atoms. The zero-order valence-electron chi connectivity index (χ0n) is 7.84. The second-order valence-corrected chi connectivity index (χ2v) is 3.60. The molecular weight excluding hydrogens is 198 g/mol. The molecule has 2 rings (SSSR count). The van der Waals surface area contributed by atoms with Crippen molar-refractivity contribution >= 4 is 16.5 Å². The maximum Gasteiger partial charge on any atom is 0.205 e. The van der Waals surface area contributed by atoms with Crippen molar-refractivity contribution in [3.05, 3.63) is 23.7 Å². The Morgan fingerprint density at radius 1 is 1.57 bits per heavy atom. The Morgan fingerprint density at radius 3 is 3.21 bits per heavy atom. The van der Waals surface area contributed by atoms with E-state index in [1.807, 2.05) is 12.5 Å². The third kappa shape index (κ3) is 1.90. The maximum absolute atomic E-state index is 4.08. The second kappa shape index (κ2) is 4.19. The minimum absolute atomic E-state index is 0.739. The molecule has 5 nitrogen and oxygen atoms in total. The molecule has 0 amide bonds. The molecule has 0 saturated carbocycles. The van der Waals surface area contributed by atoms with Crippen LogP contribution in [0.1, 0.15) is 12.6 Å². The molecule has 2 aromatic rings. The zero-order chi connectivity index (χ0) is 9.80. The van der Waals surface area contributed by atoms with Gasteiger partial charge in [0.05, 0.1) is 18.6 Å². The summed E-state index contributed by atoms with van der Waals surface area (Å²) in [4.78, 5) is 4.08. The lowest BCUT2D eigenvalue weighted by molar-refractivity contribution is 0.719. The number of hydrogen-bond acceptors (Lipinski definition) is 5. The van der Waals surface area contributed by atoms with E-state index in [1.54, 1.807) is 5.51 Å². The summed E-state index contributed by atoms with van der Waals surface area (Å²) in [5, 5.41) is 11.7. The Labute approximate surface area is 85.8 Å². The van der Waals surface area contributed by atoms with Gasteiger partial charge in [-0.25, -0.2) is 4.98 Å². The lowest BCUT2D eigenvalue weighted by Gasteiger charge is -2.04. The smallest absolute Gasteiger partial charge is 0.205 e. The summed E-state index contributed by atoms with van der Waals surface area (Å²) in [6.45, 7) is 3.77. The standard InChI is InChI=1S/C8H11N5S/c1-2-13-5-9-3-7(13)4-10-8-12-11-6-14-8/h3,5-6H,2,4H2,1H3,(H,10,12). The van der Waals surface area contributed by atoms with Crippen molar-refractivity contribution in [2.75, 3.05) is 5.32 Å². The van der Waals surface area contributed by atoms with Crippen LogP contribution in [-0.2, 0) is 13.1 Å². The molecule has 0 radical (unpaired) electrons. The van der Waals surface area contributed by atoms with Crippen molar-refractivity contribution in [1.29, 1.82) is 0 Å². The zero-order valence-corrected chi connectivity index (χ0v) is 8.66. The first-order valence-corrected chi connectivity index (χ1v) is 5.27. The van der Waals surface area contributed by atoms with Crippen LogP contribution < -0.4 is 5.32 Å². The highest BCUT2D eigenvalue weighted by atomic mass is 32.1. The van der Waals surface area contributed by atoms with E-state index in [9.17, 15) is 0 Å². The van der Waals surface area contributed by atoms with Crippen molar-refractivity contribution < 1.29 is 0 Å². The van der Waals surface area contributed by atoms with Gasteiger partial charge in [-0.3, -0.25) is 0 Å². The topological polar surface area (TPSA) is 55.6 Å². The predicted molar refractivity (Wildman–Crippen MR) is 55.1 cm³/mol. The molecule has 0 aliphatic rings. The lowest BCUT2D eigenvalue weighted by atomic mass is 10.4. The first-order chi connectivity index (χ1) is 6.90. The third-order valence-electron chi connectivity index (χ3n) is 1.92. The summed E-state index contributed by atoms with van der Waals surface area (Å²) < 4.78 is 2.09. The minimum Gasteiger partial charge on any atom is -0.354 e.